The van der Waals surface area contributed by atoms with Crippen LogP contribution < -0.4 is 15.5 Å². The summed E-state index contributed by atoms with van der Waals surface area (Å²) < 4.78 is 31.9. The van der Waals surface area contributed by atoms with Gasteiger partial charge >= 0.3 is 13.1 Å². The van der Waals surface area contributed by atoms with E-state index in [0.717, 1.165) is 25.8 Å². The van der Waals surface area contributed by atoms with Crippen molar-refractivity contribution in [2.75, 3.05) is 19.7 Å². The average molecular weight is 559 g/mol. The number of halogens is 1. The number of ether oxygens (including phenoxy) is 2. The van der Waals surface area contributed by atoms with E-state index in [1.165, 1.54) is 6.07 Å². The van der Waals surface area contributed by atoms with Crippen LogP contribution in [0.2, 0.25) is 0 Å². The molecule has 2 bridgehead atoms. The Morgan fingerprint density at radius 3 is 2.75 bits per heavy atom. The molecule has 5 rings (SSSR count). The highest BCUT2D eigenvalue weighted by Gasteiger charge is 2.68. The molecule has 1 aromatic rings. The predicted molar refractivity (Wildman–Crippen MR) is 147 cm³/mol. The molecule has 3 fully saturated rings. The molecule has 1 heterocycles. The monoisotopic (exact) mass is 559 g/mol. The summed E-state index contributed by atoms with van der Waals surface area (Å²) in [6, 6.07) is 3.02. The number of carbonyl (C=O) groups excluding carboxylic acids is 2. The molecule has 10 heteroatoms. The SMILES string of the molecule is CCNC[C@]1(C)C[C@@H](OC(=O)COc2ccc3c(c2F)B(O)OC3)[C@]2(C)[C@H](C)CC[C@]3(CCC(=O)[C@H]32)[C@@H](C)[C@@H]1O. The summed E-state index contributed by atoms with van der Waals surface area (Å²) >= 11 is 0. The number of aliphatic hydroxyl groups is 1. The molecule has 3 saturated carbocycles. The maximum Gasteiger partial charge on any atom is 0.494 e. The highest BCUT2D eigenvalue weighted by molar-refractivity contribution is 6.61. The van der Waals surface area contributed by atoms with Crippen molar-refractivity contribution < 1.29 is 38.2 Å². The third-order valence-electron chi connectivity index (χ3n) is 11.2. The maximum absolute atomic E-state index is 15.0. The summed E-state index contributed by atoms with van der Waals surface area (Å²) in [5.74, 6) is -1.67. The second-order valence-electron chi connectivity index (χ2n) is 13.2. The molecule has 8 nitrogen and oxygen atoms in total. The van der Waals surface area contributed by atoms with Crippen molar-refractivity contribution in [2.45, 2.75) is 85.5 Å². The van der Waals surface area contributed by atoms with E-state index >= 15 is 4.39 Å². The molecule has 0 aromatic heterocycles. The average Bonchev–Trinajstić information content (AvgIpc) is 3.48. The smallest absolute Gasteiger partial charge is 0.479 e. The van der Waals surface area contributed by atoms with Crippen molar-refractivity contribution in [3.8, 4) is 5.75 Å². The molecule has 3 N–H and O–H groups in total. The Hall–Kier alpha value is -2.01. The van der Waals surface area contributed by atoms with Crippen LogP contribution in [0.25, 0.3) is 0 Å². The number of benzene rings is 1. The van der Waals surface area contributed by atoms with Gasteiger partial charge in [0, 0.05) is 35.2 Å². The van der Waals surface area contributed by atoms with Gasteiger partial charge in [0.25, 0.3) is 0 Å². The van der Waals surface area contributed by atoms with Crippen LogP contribution in [0.5, 0.6) is 5.75 Å². The van der Waals surface area contributed by atoms with Gasteiger partial charge in [-0.25, -0.2) is 9.18 Å². The van der Waals surface area contributed by atoms with Crippen LogP contribution in [0.15, 0.2) is 12.1 Å². The third-order valence-corrected chi connectivity index (χ3v) is 11.2. The highest BCUT2D eigenvalue weighted by atomic mass is 19.1. The Morgan fingerprint density at radius 1 is 1.27 bits per heavy atom. The Bertz CT molecular complexity index is 1170. The van der Waals surface area contributed by atoms with Crippen LogP contribution >= 0.6 is 0 Å². The molecule has 4 aliphatic rings. The number of hydrogen-bond acceptors (Lipinski definition) is 8. The topological polar surface area (TPSA) is 114 Å². The molecule has 0 spiro atoms. The van der Waals surface area contributed by atoms with Crippen LogP contribution in [0.3, 0.4) is 0 Å². The Kier molecular flexibility index (Phi) is 7.87. The van der Waals surface area contributed by atoms with E-state index in [-0.39, 0.29) is 46.8 Å². The summed E-state index contributed by atoms with van der Waals surface area (Å²) in [6.07, 6.45) is 2.02. The van der Waals surface area contributed by atoms with Gasteiger partial charge in [0.15, 0.2) is 18.2 Å². The maximum atomic E-state index is 15.0. The Labute approximate surface area is 236 Å². The molecule has 0 unspecified atom stereocenters. The number of hydrogen-bond donors (Lipinski definition) is 3. The van der Waals surface area contributed by atoms with E-state index in [4.69, 9.17) is 14.1 Å². The lowest BCUT2D eigenvalue weighted by Gasteiger charge is -2.62. The molecule has 1 aromatic carbocycles. The van der Waals surface area contributed by atoms with Gasteiger partial charge in [-0.05, 0) is 61.1 Å². The number of aliphatic hydroxyl groups excluding tert-OH is 1. The van der Waals surface area contributed by atoms with Crippen molar-refractivity contribution >= 4 is 24.3 Å². The van der Waals surface area contributed by atoms with Gasteiger partial charge in [0.2, 0.25) is 0 Å². The van der Waals surface area contributed by atoms with Gasteiger partial charge in [-0.15, -0.1) is 0 Å². The molecule has 8 atom stereocenters. The van der Waals surface area contributed by atoms with Crippen LogP contribution in [0, 0.1) is 39.8 Å². The molecule has 1 aliphatic heterocycles. The van der Waals surface area contributed by atoms with E-state index in [1.807, 2.05) is 13.8 Å². The largest absolute Gasteiger partial charge is 0.494 e. The van der Waals surface area contributed by atoms with Gasteiger partial charge in [-0.1, -0.05) is 40.7 Å². The van der Waals surface area contributed by atoms with Crippen molar-refractivity contribution in [1.82, 2.24) is 5.32 Å². The van der Waals surface area contributed by atoms with Crippen molar-refractivity contribution in [3.63, 3.8) is 0 Å². The molecular weight excluding hydrogens is 516 g/mol. The standard InChI is InChI=1S/C30H43BFNO7/c1-6-33-16-28(4)13-22(40-23(35)15-38-21-8-7-19-14-39-31(37)24(19)25(21)32)29(5)17(2)9-11-30(18(3)27(28)36)12-10-20(34)26(29)30/h7-8,17-18,22,26-27,33,36-37H,6,9-16H2,1-5H3/t17-,18+,22-,26+,27+,28+,29+,30+/m1/s1. The normalized spacial score (nSPS) is 38.9. The van der Waals surface area contributed by atoms with Gasteiger partial charge < -0.3 is 29.6 Å². The van der Waals surface area contributed by atoms with E-state index in [1.54, 1.807) is 6.07 Å². The first-order chi connectivity index (χ1) is 18.9. The first kappa shape index (κ1) is 29.5. The van der Waals surface area contributed by atoms with Crippen LogP contribution in [-0.4, -0.2) is 60.9 Å². The second kappa shape index (κ2) is 10.7. The van der Waals surface area contributed by atoms with Gasteiger partial charge in [0.1, 0.15) is 11.9 Å². The van der Waals surface area contributed by atoms with Crippen molar-refractivity contribution in [2.24, 2.45) is 34.0 Å². The fourth-order valence-electron chi connectivity index (χ4n) is 8.64. The minimum atomic E-state index is -1.37. The van der Waals surface area contributed by atoms with E-state index in [9.17, 15) is 19.7 Å². The Balaban J connectivity index is 1.45. The second-order valence-corrected chi connectivity index (χ2v) is 13.2. The number of rotatable bonds is 7. The van der Waals surface area contributed by atoms with E-state index < -0.39 is 48.5 Å². The molecule has 0 amide bonds. The van der Waals surface area contributed by atoms with Gasteiger partial charge in [0.05, 0.1) is 12.7 Å². The van der Waals surface area contributed by atoms with Crippen LogP contribution in [-0.2, 0) is 25.6 Å². The number of carbonyl (C=O) groups is 2. The number of Topliss-reactive ketones (excluding diaryl/α,β-unsaturated/α-hetero) is 1. The van der Waals surface area contributed by atoms with Crippen LogP contribution in [0.4, 0.5) is 4.39 Å². The first-order valence-electron chi connectivity index (χ1n) is 14.7. The minimum absolute atomic E-state index is 0.0211. The molecule has 220 valence electrons. The van der Waals surface area contributed by atoms with Gasteiger partial charge in [-0.3, -0.25) is 4.79 Å². The number of esters is 1. The fourth-order valence-corrected chi connectivity index (χ4v) is 8.64. The summed E-state index contributed by atoms with van der Waals surface area (Å²) in [7, 11) is -1.37. The fraction of sp³-hybridized carbons (Fsp3) is 0.733. The lowest BCUT2D eigenvalue weighted by atomic mass is 9.44. The van der Waals surface area contributed by atoms with E-state index in [2.05, 4.69) is 26.1 Å². The zero-order chi connectivity index (χ0) is 29.0. The lowest BCUT2D eigenvalue weighted by Crippen LogP contribution is -2.64. The third kappa shape index (κ3) is 4.50. The molecular formula is C30H43BFNO7. The molecule has 3 aliphatic carbocycles. The van der Waals surface area contributed by atoms with Crippen molar-refractivity contribution in [1.29, 1.82) is 0 Å². The van der Waals surface area contributed by atoms with Crippen molar-refractivity contribution in [3.05, 3.63) is 23.5 Å². The first-order valence-corrected chi connectivity index (χ1v) is 14.7. The van der Waals surface area contributed by atoms with Gasteiger partial charge in [-0.2, -0.15) is 0 Å². The lowest BCUT2D eigenvalue weighted by molar-refractivity contribution is -0.212. The summed E-state index contributed by atoms with van der Waals surface area (Å²) in [5, 5.41) is 25.2. The van der Waals surface area contributed by atoms with E-state index in [0.29, 0.717) is 24.9 Å². The molecule has 0 saturated heterocycles. The number of nitrogens with one attached hydrogen (secondary N) is 1. The zero-order valence-corrected chi connectivity index (χ0v) is 24.3. The number of fused-ring (bicyclic) bond motifs is 1. The number of ketones is 1. The highest BCUT2D eigenvalue weighted by Crippen LogP contribution is 2.67. The molecule has 0 radical (unpaired) electrons. The molecule has 40 heavy (non-hydrogen) atoms. The van der Waals surface area contributed by atoms with Crippen LogP contribution in [0.1, 0.15) is 72.3 Å². The Morgan fingerprint density at radius 2 is 2.02 bits per heavy atom. The summed E-state index contributed by atoms with van der Waals surface area (Å²) in [6.45, 7) is 11.3. The minimum Gasteiger partial charge on any atom is -0.479 e. The predicted octanol–water partition coefficient (Wildman–Crippen LogP) is 2.75. The quantitative estimate of drug-likeness (QED) is 0.345. The summed E-state index contributed by atoms with van der Waals surface area (Å²) in [4.78, 5) is 26.9. The summed E-state index contributed by atoms with van der Waals surface area (Å²) in [5.41, 5.74) is -1.02. The zero-order valence-electron chi connectivity index (χ0n) is 24.3.